The number of benzene rings is 2. The molecule has 9 nitrogen and oxygen atoms in total. The number of likely N-dealkylation sites (tertiary alicyclic amines) is 1. The molecule has 2 aliphatic rings. The highest BCUT2D eigenvalue weighted by atomic mass is 16.5. The smallest absolute Gasteiger partial charge is 0.412 e. The largest absolute Gasteiger partial charge is 0.481 e. The van der Waals surface area contributed by atoms with Gasteiger partial charge in [-0.15, -0.1) is 0 Å². The number of amides is 2. The lowest BCUT2D eigenvalue weighted by atomic mass is 9.98. The van der Waals surface area contributed by atoms with Crippen molar-refractivity contribution in [2.45, 2.75) is 31.7 Å². The van der Waals surface area contributed by atoms with Gasteiger partial charge < -0.3 is 14.7 Å². The number of carboxylic acid groups (broad SMARTS) is 1. The molecule has 1 saturated heterocycles. The highest BCUT2D eigenvalue weighted by Gasteiger charge is 2.40. The summed E-state index contributed by atoms with van der Waals surface area (Å²) in [6, 6.07) is 17.2. The third-order valence-electron chi connectivity index (χ3n) is 6.92. The summed E-state index contributed by atoms with van der Waals surface area (Å²) >= 11 is 0. The summed E-state index contributed by atoms with van der Waals surface area (Å²) in [6.07, 6.45) is 0.288. The number of rotatable bonds is 6. The van der Waals surface area contributed by atoms with Crippen LogP contribution >= 0.6 is 0 Å². The molecule has 1 aliphatic heterocycles. The number of H-pyrrole nitrogens is 1. The number of ether oxygens (including phenoxy) is 1. The maximum atomic E-state index is 12.9. The van der Waals surface area contributed by atoms with Crippen LogP contribution in [0.3, 0.4) is 0 Å². The number of hydrogen-bond acceptors (Lipinski definition) is 5. The highest BCUT2D eigenvalue weighted by molar-refractivity contribution is 5.95. The Kier molecular flexibility index (Phi) is 5.98. The van der Waals surface area contributed by atoms with Gasteiger partial charge in [-0.1, -0.05) is 55.5 Å². The van der Waals surface area contributed by atoms with Crippen molar-refractivity contribution in [2.24, 2.45) is 5.92 Å². The average Bonchev–Trinajstić information content (AvgIpc) is 3.58. The van der Waals surface area contributed by atoms with E-state index in [0.29, 0.717) is 19.4 Å². The summed E-state index contributed by atoms with van der Waals surface area (Å²) < 4.78 is 5.52. The Hall–Kier alpha value is -4.14. The van der Waals surface area contributed by atoms with Crippen LogP contribution in [0.25, 0.3) is 11.1 Å². The van der Waals surface area contributed by atoms with E-state index >= 15 is 0 Å². The van der Waals surface area contributed by atoms with E-state index < -0.39 is 18.0 Å². The second-order valence-electron chi connectivity index (χ2n) is 8.82. The van der Waals surface area contributed by atoms with E-state index in [4.69, 9.17) is 4.74 Å². The van der Waals surface area contributed by atoms with Crippen LogP contribution in [0.4, 0.5) is 10.6 Å². The Labute approximate surface area is 202 Å². The van der Waals surface area contributed by atoms with E-state index in [1.54, 1.807) is 4.90 Å². The van der Waals surface area contributed by atoms with Crippen LogP contribution in [0, 0.1) is 5.92 Å². The van der Waals surface area contributed by atoms with Crippen LogP contribution in [0.15, 0.2) is 54.6 Å². The van der Waals surface area contributed by atoms with E-state index in [1.165, 1.54) is 6.07 Å². The van der Waals surface area contributed by atoms with Crippen molar-refractivity contribution < 1.29 is 24.2 Å². The molecule has 1 fully saturated rings. The predicted octanol–water partition coefficient (Wildman–Crippen LogP) is 4.10. The van der Waals surface area contributed by atoms with Crippen LogP contribution in [-0.4, -0.2) is 57.4 Å². The van der Waals surface area contributed by atoms with Gasteiger partial charge in [0.05, 0.1) is 5.92 Å². The number of nitrogens with zero attached hydrogens (tertiary/aromatic N) is 2. The van der Waals surface area contributed by atoms with Crippen LogP contribution in [-0.2, 0) is 9.53 Å². The van der Waals surface area contributed by atoms with Crippen molar-refractivity contribution in [1.29, 1.82) is 0 Å². The molecule has 9 heteroatoms. The molecule has 2 aromatic carbocycles. The lowest BCUT2D eigenvalue weighted by Gasteiger charge is -2.25. The molecule has 2 heterocycles. The van der Waals surface area contributed by atoms with Gasteiger partial charge in [0, 0.05) is 24.6 Å². The first kappa shape index (κ1) is 22.6. The second kappa shape index (κ2) is 9.25. The first-order valence-electron chi connectivity index (χ1n) is 11.7. The molecule has 1 aliphatic carbocycles. The van der Waals surface area contributed by atoms with Crippen molar-refractivity contribution >= 4 is 23.8 Å². The number of carbonyl (C=O) groups excluding carboxylic acids is 2. The number of carboxylic acids is 1. The fourth-order valence-corrected chi connectivity index (χ4v) is 5.29. The molecule has 180 valence electrons. The first-order valence-corrected chi connectivity index (χ1v) is 11.7. The topological polar surface area (TPSA) is 125 Å². The zero-order valence-corrected chi connectivity index (χ0v) is 19.2. The zero-order chi connectivity index (χ0) is 24.5. The maximum absolute atomic E-state index is 12.9. The Morgan fingerprint density at radius 2 is 1.77 bits per heavy atom. The van der Waals surface area contributed by atoms with Gasteiger partial charge in [-0.25, -0.2) is 4.79 Å². The van der Waals surface area contributed by atoms with Crippen LogP contribution in [0.1, 0.15) is 47.3 Å². The third-order valence-corrected chi connectivity index (χ3v) is 6.92. The standard InChI is InChI=1S/C26H26N4O5/c1-2-22-19(25(32)33)11-12-30(22)24(31)21-13-23(29-28-21)27-26(34)35-14-20-17-9-5-3-7-15(17)16-8-4-6-10-18(16)20/h3-10,13,19-20,22H,2,11-12,14H2,1H3,(H,32,33)(H2,27,28,29,34). The number of hydrogen-bond donors (Lipinski definition) is 3. The molecule has 35 heavy (non-hydrogen) atoms. The van der Waals surface area contributed by atoms with Gasteiger partial charge in [0.15, 0.2) is 5.82 Å². The molecule has 0 radical (unpaired) electrons. The molecule has 3 N–H and O–H groups in total. The molecular weight excluding hydrogens is 448 g/mol. The van der Waals surface area contributed by atoms with Crippen molar-refractivity contribution in [1.82, 2.24) is 15.1 Å². The number of fused-ring (bicyclic) bond motifs is 3. The van der Waals surface area contributed by atoms with Gasteiger partial charge in [0.2, 0.25) is 0 Å². The predicted molar refractivity (Wildman–Crippen MR) is 128 cm³/mol. The van der Waals surface area contributed by atoms with Crippen molar-refractivity contribution in [3.05, 3.63) is 71.4 Å². The highest BCUT2D eigenvalue weighted by Crippen LogP contribution is 2.44. The fourth-order valence-electron chi connectivity index (χ4n) is 5.29. The molecule has 0 spiro atoms. The summed E-state index contributed by atoms with van der Waals surface area (Å²) in [6.45, 7) is 2.39. The Balaban J connectivity index is 1.22. The van der Waals surface area contributed by atoms with Crippen LogP contribution < -0.4 is 5.32 Å². The number of aliphatic carboxylic acids is 1. The van der Waals surface area contributed by atoms with Gasteiger partial charge in [-0.05, 0) is 35.1 Å². The summed E-state index contributed by atoms with van der Waals surface area (Å²) in [5, 5.41) is 18.6. The molecule has 3 aromatic rings. The summed E-state index contributed by atoms with van der Waals surface area (Å²) in [5.41, 5.74) is 4.70. The van der Waals surface area contributed by atoms with Crippen molar-refractivity contribution in [2.75, 3.05) is 18.5 Å². The van der Waals surface area contributed by atoms with Gasteiger partial charge >= 0.3 is 12.1 Å². The fraction of sp³-hybridized carbons (Fsp3) is 0.308. The number of anilines is 1. The summed E-state index contributed by atoms with van der Waals surface area (Å²) in [4.78, 5) is 38.5. The Morgan fingerprint density at radius 1 is 1.11 bits per heavy atom. The monoisotopic (exact) mass is 474 g/mol. The molecule has 0 bridgehead atoms. The van der Waals surface area contributed by atoms with Gasteiger partial charge in [-0.2, -0.15) is 5.10 Å². The van der Waals surface area contributed by atoms with Crippen molar-refractivity contribution in [3.63, 3.8) is 0 Å². The lowest BCUT2D eigenvalue weighted by molar-refractivity contribution is -0.142. The van der Waals surface area contributed by atoms with Crippen LogP contribution in [0.2, 0.25) is 0 Å². The molecular formula is C26H26N4O5. The van der Waals surface area contributed by atoms with E-state index in [9.17, 15) is 19.5 Å². The SMILES string of the molecule is CCC1C(C(=O)O)CCN1C(=O)c1cc(NC(=O)OCC2c3ccccc3-c3ccccc32)n[nH]1. The quantitative estimate of drug-likeness (QED) is 0.494. The Morgan fingerprint density at radius 3 is 2.40 bits per heavy atom. The van der Waals surface area contributed by atoms with Crippen molar-refractivity contribution in [3.8, 4) is 11.1 Å². The maximum Gasteiger partial charge on any atom is 0.412 e. The number of nitrogens with one attached hydrogen (secondary N) is 2. The molecule has 2 amide bonds. The summed E-state index contributed by atoms with van der Waals surface area (Å²) in [5.74, 6) is -1.71. The second-order valence-corrected chi connectivity index (χ2v) is 8.82. The van der Waals surface area contributed by atoms with Gasteiger partial charge in [0.1, 0.15) is 12.3 Å². The molecule has 2 unspecified atom stereocenters. The van der Waals surface area contributed by atoms with Gasteiger partial charge in [0.25, 0.3) is 5.91 Å². The minimum Gasteiger partial charge on any atom is -0.481 e. The normalized spacial score (nSPS) is 18.7. The van der Waals surface area contributed by atoms with E-state index in [0.717, 1.165) is 22.3 Å². The molecule has 0 saturated carbocycles. The Bertz CT molecular complexity index is 1240. The van der Waals surface area contributed by atoms with Gasteiger partial charge in [-0.3, -0.25) is 20.0 Å². The summed E-state index contributed by atoms with van der Waals surface area (Å²) in [7, 11) is 0. The minimum absolute atomic E-state index is 0.0622. The minimum atomic E-state index is -0.894. The van der Waals surface area contributed by atoms with E-state index in [1.807, 2.05) is 43.3 Å². The number of carbonyl (C=O) groups is 3. The average molecular weight is 475 g/mol. The number of aromatic amines is 1. The first-order chi connectivity index (χ1) is 17.0. The van der Waals surface area contributed by atoms with Crippen LogP contribution in [0.5, 0.6) is 0 Å². The van der Waals surface area contributed by atoms with E-state index in [2.05, 4.69) is 27.6 Å². The zero-order valence-electron chi connectivity index (χ0n) is 19.2. The molecule has 2 atom stereocenters. The third kappa shape index (κ3) is 4.14. The number of aromatic nitrogens is 2. The molecule has 5 rings (SSSR count). The van der Waals surface area contributed by atoms with E-state index in [-0.39, 0.29) is 36.0 Å². The lowest BCUT2D eigenvalue weighted by Crippen LogP contribution is -2.39. The molecule has 1 aromatic heterocycles.